The van der Waals surface area contributed by atoms with E-state index in [0.717, 1.165) is 12.1 Å². The molecule has 0 aliphatic rings. The van der Waals surface area contributed by atoms with E-state index < -0.39 is 20.7 Å². The van der Waals surface area contributed by atoms with Crippen LogP contribution in [0.4, 0.5) is 10.1 Å². The lowest BCUT2D eigenvalue weighted by Gasteiger charge is -2.13. The zero-order chi connectivity index (χ0) is 13.9. The summed E-state index contributed by atoms with van der Waals surface area (Å²) in [6.07, 6.45) is 2.05. The quantitative estimate of drug-likeness (QED) is 0.635. The molecule has 0 radical (unpaired) electrons. The van der Waals surface area contributed by atoms with Crippen LogP contribution in [0.3, 0.4) is 0 Å². The number of sulfonamides is 1. The first-order chi connectivity index (χ1) is 8.27. The lowest BCUT2D eigenvalue weighted by atomic mass is 10.2. The lowest BCUT2D eigenvalue weighted by Crippen LogP contribution is -2.32. The van der Waals surface area contributed by atoms with Crippen LogP contribution in [-0.2, 0) is 10.0 Å². The van der Waals surface area contributed by atoms with Crippen molar-refractivity contribution in [3.05, 3.63) is 36.2 Å². The number of rotatable bonds is 5. The molecule has 1 unspecified atom stereocenters. The van der Waals surface area contributed by atoms with Gasteiger partial charge in [-0.25, -0.2) is 17.5 Å². The van der Waals surface area contributed by atoms with Crippen molar-refractivity contribution < 1.29 is 12.8 Å². The summed E-state index contributed by atoms with van der Waals surface area (Å²) in [4.78, 5) is -0.429. The topological polar surface area (TPSA) is 72.2 Å². The molecule has 0 saturated heterocycles. The molecule has 4 nitrogen and oxygen atoms in total. The van der Waals surface area contributed by atoms with Gasteiger partial charge in [-0.05, 0) is 38.0 Å². The van der Waals surface area contributed by atoms with Crippen LogP contribution in [0.15, 0.2) is 29.7 Å². The van der Waals surface area contributed by atoms with Gasteiger partial charge in [0.2, 0.25) is 10.0 Å². The summed E-state index contributed by atoms with van der Waals surface area (Å²) in [6.45, 7) is 6.81. The second-order valence-electron chi connectivity index (χ2n) is 4.19. The molecule has 1 rings (SSSR count). The summed E-state index contributed by atoms with van der Waals surface area (Å²) in [5.74, 6) is -0.806. The minimum atomic E-state index is -3.90. The number of aryl methyl sites for hydroxylation is 1. The maximum absolute atomic E-state index is 13.7. The highest BCUT2D eigenvalue weighted by molar-refractivity contribution is 7.89. The fraction of sp³-hybridized carbons (Fsp3) is 0.333. The van der Waals surface area contributed by atoms with Crippen LogP contribution in [0.1, 0.15) is 18.9 Å². The van der Waals surface area contributed by atoms with Crippen LogP contribution in [0.25, 0.3) is 0 Å². The molecular formula is C12H17FN2O2S. The molecule has 0 aliphatic carbocycles. The van der Waals surface area contributed by atoms with Crippen LogP contribution >= 0.6 is 0 Å². The van der Waals surface area contributed by atoms with E-state index in [1.165, 1.54) is 0 Å². The summed E-state index contributed by atoms with van der Waals surface area (Å²) in [7, 11) is -3.90. The minimum absolute atomic E-state index is 0.244. The molecule has 3 N–H and O–H groups in total. The minimum Gasteiger partial charge on any atom is -0.398 e. The third-order valence-corrected chi connectivity index (χ3v) is 4.09. The summed E-state index contributed by atoms with van der Waals surface area (Å²) >= 11 is 0. The largest absolute Gasteiger partial charge is 0.398 e. The lowest BCUT2D eigenvalue weighted by molar-refractivity contribution is 0.543. The molecule has 0 bridgehead atoms. The Morgan fingerprint density at radius 1 is 1.56 bits per heavy atom. The molecule has 0 fully saturated rings. The average molecular weight is 272 g/mol. The molecule has 0 spiro atoms. The smallest absolute Gasteiger partial charge is 0.243 e. The fourth-order valence-electron chi connectivity index (χ4n) is 1.50. The van der Waals surface area contributed by atoms with Crippen molar-refractivity contribution >= 4 is 15.7 Å². The van der Waals surface area contributed by atoms with Gasteiger partial charge in [0.1, 0.15) is 10.7 Å². The Bertz CT molecular complexity index is 555. The molecule has 1 atom stereocenters. The Morgan fingerprint density at radius 3 is 2.72 bits per heavy atom. The summed E-state index contributed by atoms with van der Waals surface area (Å²) in [5.41, 5.74) is 6.35. The molecule has 0 saturated carbocycles. The Balaban J connectivity index is 3.13. The van der Waals surface area contributed by atoms with Gasteiger partial charge in [-0.15, -0.1) is 6.58 Å². The van der Waals surface area contributed by atoms with Gasteiger partial charge in [-0.3, -0.25) is 0 Å². The van der Waals surface area contributed by atoms with E-state index in [2.05, 4.69) is 11.3 Å². The molecule has 100 valence electrons. The van der Waals surface area contributed by atoms with Crippen LogP contribution in [0, 0.1) is 12.7 Å². The highest BCUT2D eigenvalue weighted by atomic mass is 32.2. The van der Waals surface area contributed by atoms with Gasteiger partial charge in [0.05, 0.1) is 0 Å². The Hall–Kier alpha value is -1.40. The van der Waals surface area contributed by atoms with E-state index in [4.69, 9.17) is 5.73 Å². The Kier molecular flexibility index (Phi) is 4.48. The van der Waals surface area contributed by atoms with Gasteiger partial charge >= 0.3 is 0 Å². The first-order valence-electron chi connectivity index (χ1n) is 5.46. The van der Waals surface area contributed by atoms with Crippen molar-refractivity contribution in [2.45, 2.75) is 31.2 Å². The van der Waals surface area contributed by atoms with Crippen molar-refractivity contribution in [1.82, 2.24) is 4.72 Å². The Labute approximate surface area is 107 Å². The molecule has 1 aromatic rings. The maximum atomic E-state index is 13.7. The van der Waals surface area contributed by atoms with Crippen LogP contribution < -0.4 is 10.5 Å². The predicted octanol–water partition coefficient (Wildman–Crippen LogP) is 1.96. The molecule has 0 aromatic heterocycles. The van der Waals surface area contributed by atoms with Gasteiger partial charge in [-0.2, -0.15) is 0 Å². The average Bonchev–Trinajstić information content (AvgIpc) is 2.22. The summed E-state index contributed by atoms with van der Waals surface area (Å²) < 4.78 is 40.0. The van der Waals surface area contributed by atoms with Gasteiger partial charge < -0.3 is 5.73 Å². The molecule has 0 amide bonds. The number of hydrogen-bond donors (Lipinski definition) is 2. The highest BCUT2D eigenvalue weighted by Gasteiger charge is 2.21. The van der Waals surface area contributed by atoms with Gasteiger partial charge in [0, 0.05) is 11.7 Å². The SMILES string of the molecule is C=CCC(C)NS(=O)(=O)c1cc(N)c(C)cc1F. The molecule has 1 aromatic carbocycles. The van der Waals surface area contributed by atoms with Crippen molar-refractivity contribution in [2.24, 2.45) is 0 Å². The zero-order valence-electron chi connectivity index (χ0n) is 10.4. The van der Waals surface area contributed by atoms with Crippen molar-refractivity contribution in [2.75, 3.05) is 5.73 Å². The first-order valence-corrected chi connectivity index (χ1v) is 6.95. The molecule has 18 heavy (non-hydrogen) atoms. The van der Waals surface area contributed by atoms with Crippen molar-refractivity contribution in [3.8, 4) is 0 Å². The molecule has 0 aliphatic heterocycles. The third kappa shape index (κ3) is 3.30. The number of nitrogens with one attached hydrogen (secondary N) is 1. The summed E-state index contributed by atoms with van der Waals surface area (Å²) in [5, 5.41) is 0. The number of hydrogen-bond acceptors (Lipinski definition) is 3. The monoisotopic (exact) mass is 272 g/mol. The number of nitrogen functional groups attached to an aromatic ring is 1. The standard InChI is InChI=1S/C12H17FN2O2S/c1-4-5-9(3)15-18(16,17)12-7-11(14)8(2)6-10(12)13/h4,6-7,9,15H,1,5,14H2,2-3H3. The van der Waals surface area contributed by atoms with Crippen LogP contribution in [0.2, 0.25) is 0 Å². The van der Waals surface area contributed by atoms with Crippen molar-refractivity contribution in [1.29, 1.82) is 0 Å². The maximum Gasteiger partial charge on any atom is 0.243 e. The third-order valence-electron chi connectivity index (χ3n) is 2.49. The highest BCUT2D eigenvalue weighted by Crippen LogP contribution is 2.21. The zero-order valence-corrected chi connectivity index (χ0v) is 11.2. The van der Waals surface area contributed by atoms with Gasteiger partial charge in [-0.1, -0.05) is 6.08 Å². The second-order valence-corrected chi connectivity index (χ2v) is 5.87. The van der Waals surface area contributed by atoms with Crippen LogP contribution in [-0.4, -0.2) is 14.5 Å². The molecule has 0 heterocycles. The van der Waals surface area contributed by atoms with E-state index in [1.807, 2.05) is 0 Å². The Morgan fingerprint density at radius 2 is 2.17 bits per heavy atom. The summed E-state index contributed by atoms with van der Waals surface area (Å²) in [6, 6.07) is 1.89. The van der Waals surface area contributed by atoms with Gasteiger partial charge in [0.15, 0.2) is 0 Å². The van der Waals surface area contributed by atoms with Crippen LogP contribution in [0.5, 0.6) is 0 Å². The van der Waals surface area contributed by atoms with Gasteiger partial charge in [0.25, 0.3) is 0 Å². The number of anilines is 1. The first kappa shape index (κ1) is 14.7. The number of halogens is 1. The molecule has 6 heteroatoms. The van der Waals surface area contributed by atoms with Crippen molar-refractivity contribution in [3.63, 3.8) is 0 Å². The van der Waals surface area contributed by atoms with E-state index in [1.54, 1.807) is 19.9 Å². The number of benzene rings is 1. The fourth-order valence-corrected chi connectivity index (χ4v) is 2.85. The molecular weight excluding hydrogens is 255 g/mol. The normalized spacial score (nSPS) is 13.3. The van der Waals surface area contributed by atoms with E-state index in [-0.39, 0.29) is 11.7 Å². The van der Waals surface area contributed by atoms with E-state index in [9.17, 15) is 12.8 Å². The second kappa shape index (κ2) is 5.49. The predicted molar refractivity (Wildman–Crippen MR) is 70.1 cm³/mol. The van der Waals surface area contributed by atoms with E-state index >= 15 is 0 Å². The van der Waals surface area contributed by atoms with E-state index in [0.29, 0.717) is 12.0 Å². The number of nitrogens with two attached hydrogens (primary N) is 1.